The van der Waals surface area contributed by atoms with E-state index in [2.05, 4.69) is 55.8 Å². The third kappa shape index (κ3) is 4.65. The molecule has 2 N–H and O–H groups in total. The van der Waals surface area contributed by atoms with Crippen molar-refractivity contribution in [2.75, 3.05) is 10.6 Å². The molecule has 6 heteroatoms. The van der Waals surface area contributed by atoms with Crippen LogP contribution in [0.5, 0.6) is 0 Å². The lowest BCUT2D eigenvalue weighted by Gasteiger charge is -2.10. The van der Waals surface area contributed by atoms with Crippen LogP contribution in [-0.4, -0.2) is 11.8 Å². The van der Waals surface area contributed by atoms with Crippen LogP contribution in [0.1, 0.15) is 20.7 Å². The molecule has 148 valence electrons. The molecule has 4 rings (SSSR count). The van der Waals surface area contributed by atoms with E-state index in [1.165, 1.54) is 0 Å². The number of halogens is 2. The number of fused-ring (bicyclic) bond motifs is 1. The third-order valence-electron chi connectivity index (χ3n) is 4.62. The minimum absolute atomic E-state index is 0.175. The van der Waals surface area contributed by atoms with E-state index in [4.69, 9.17) is 0 Å². The fourth-order valence-corrected chi connectivity index (χ4v) is 4.18. The van der Waals surface area contributed by atoms with Gasteiger partial charge in [-0.25, -0.2) is 0 Å². The highest BCUT2D eigenvalue weighted by atomic mass is 127. The van der Waals surface area contributed by atoms with Gasteiger partial charge in [-0.1, -0.05) is 36.4 Å². The Labute approximate surface area is 201 Å². The number of hydrogen-bond acceptors (Lipinski definition) is 2. The van der Waals surface area contributed by atoms with Crippen LogP contribution >= 0.6 is 45.2 Å². The molecule has 0 heterocycles. The van der Waals surface area contributed by atoms with Crippen LogP contribution in [0.4, 0.5) is 11.4 Å². The third-order valence-corrected chi connectivity index (χ3v) is 6.23. The van der Waals surface area contributed by atoms with E-state index in [1.807, 2.05) is 60.7 Å². The largest absolute Gasteiger partial charge is 0.322 e. The predicted octanol–water partition coefficient (Wildman–Crippen LogP) is 6.55. The number of carbonyl (C=O) groups is 2. The van der Waals surface area contributed by atoms with E-state index < -0.39 is 0 Å². The monoisotopic (exact) mass is 618 g/mol. The maximum Gasteiger partial charge on any atom is 0.256 e. The first-order valence-electron chi connectivity index (χ1n) is 9.17. The molecule has 0 fully saturated rings. The van der Waals surface area contributed by atoms with E-state index in [9.17, 15) is 9.59 Å². The maximum absolute atomic E-state index is 12.7. The molecule has 0 radical (unpaired) electrons. The number of benzene rings is 4. The molecular formula is C24H16I2N2O2. The average Bonchev–Trinajstić information content (AvgIpc) is 2.76. The molecule has 0 aromatic heterocycles. The molecule has 0 aliphatic rings. The maximum atomic E-state index is 12.7. The molecule has 0 unspecified atom stereocenters. The van der Waals surface area contributed by atoms with Crippen LogP contribution in [0.15, 0.2) is 84.9 Å². The van der Waals surface area contributed by atoms with Crippen molar-refractivity contribution in [3.05, 3.63) is 103 Å². The molecule has 0 saturated carbocycles. The van der Waals surface area contributed by atoms with Gasteiger partial charge < -0.3 is 10.6 Å². The van der Waals surface area contributed by atoms with Crippen LogP contribution in [0, 0.1) is 7.14 Å². The zero-order valence-corrected chi connectivity index (χ0v) is 20.0. The lowest BCUT2D eigenvalue weighted by molar-refractivity contribution is 0.101. The Balaban J connectivity index is 1.48. The fourth-order valence-electron chi connectivity index (χ4n) is 3.10. The Morgan fingerprint density at radius 1 is 0.700 bits per heavy atom. The van der Waals surface area contributed by atoms with Crippen LogP contribution in [0.2, 0.25) is 0 Å². The lowest BCUT2D eigenvalue weighted by atomic mass is 10.1. The Morgan fingerprint density at radius 2 is 1.43 bits per heavy atom. The van der Waals surface area contributed by atoms with Gasteiger partial charge in [-0.05, 0) is 99.1 Å². The van der Waals surface area contributed by atoms with Crippen molar-refractivity contribution in [3.63, 3.8) is 0 Å². The van der Waals surface area contributed by atoms with Gasteiger partial charge in [-0.2, -0.15) is 0 Å². The molecule has 0 bridgehead atoms. The molecule has 0 spiro atoms. The van der Waals surface area contributed by atoms with Crippen molar-refractivity contribution >= 4 is 79.1 Å². The second kappa shape index (κ2) is 9.13. The number of nitrogens with one attached hydrogen (secondary N) is 2. The summed E-state index contributed by atoms with van der Waals surface area (Å²) in [4.78, 5) is 25.3. The Hall–Kier alpha value is -2.46. The summed E-state index contributed by atoms with van der Waals surface area (Å²) in [7, 11) is 0. The van der Waals surface area contributed by atoms with Gasteiger partial charge in [0.2, 0.25) is 0 Å². The molecule has 2 amide bonds. The van der Waals surface area contributed by atoms with E-state index >= 15 is 0 Å². The fraction of sp³-hybridized carbons (Fsp3) is 0. The second-order valence-electron chi connectivity index (χ2n) is 6.64. The van der Waals surface area contributed by atoms with Gasteiger partial charge >= 0.3 is 0 Å². The zero-order valence-electron chi connectivity index (χ0n) is 15.7. The summed E-state index contributed by atoms with van der Waals surface area (Å²) < 4.78 is 1.88. The first kappa shape index (κ1) is 20.8. The summed E-state index contributed by atoms with van der Waals surface area (Å²) in [6, 6.07) is 26.3. The SMILES string of the molecule is O=C(Nc1cccc2ccccc12)c1ccc(NC(=O)c2cc(I)ccc2I)cc1. The number of carbonyl (C=O) groups excluding carboxylic acids is 2. The molecule has 4 nitrogen and oxygen atoms in total. The minimum atomic E-state index is -0.198. The highest BCUT2D eigenvalue weighted by Crippen LogP contribution is 2.24. The number of rotatable bonds is 4. The second-order valence-corrected chi connectivity index (χ2v) is 9.04. The van der Waals surface area contributed by atoms with Gasteiger partial charge in [0.05, 0.1) is 5.56 Å². The van der Waals surface area contributed by atoms with Crippen LogP contribution < -0.4 is 10.6 Å². The molecule has 4 aromatic rings. The van der Waals surface area contributed by atoms with Gasteiger partial charge in [-0.3, -0.25) is 9.59 Å². The summed E-state index contributed by atoms with van der Waals surface area (Å²) in [6.45, 7) is 0. The van der Waals surface area contributed by atoms with Crippen LogP contribution in [-0.2, 0) is 0 Å². The molecule has 30 heavy (non-hydrogen) atoms. The molecule has 4 aromatic carbocycles. The Kier molecular flexibility index (Phi) is 6.33. The normalized spacial score (nSPS) is 10.6. The summed E-state index contributed by atoms with van der Waals surface area (Å²) in [5.41, 5.74) is 2.55. The Bertz CT molecular complexity index is 1250. The standard InChI is InChI=1S/C24H16I2N2O2/c25-17-10-13-21(26)20(14-17)24(30)27-18-11-8-16(9-12-18)23(29)28-22-7-3-5-15-4-1-2-6-19(15)22/h1-14H,(H,27,30)(H,28,29). The van der Waals surface area contributed by atoms with E-state index in [-0.39, 0.29) is 11.8 Å². The van der Waals surface area contributed by atoms with E-state index in [0.29, 0.717) is 16.8 Å². The van der Waals surface area contributed by atoms with Crippen LogP contribution in [0.25, 0.3) is 10.8 Å². The first-order valence-corrected chi connectivity index (χ1v) is 11.3. The van der Waals surface area contributed by atoms with Crippen molar-refractivity contribution in [2.45, 2.75) is 0 Å². The van der Waals surface area contributed by atoms with Gasteiger partial charge in [0.15, 0.2) is 0 Å². The van der Waals surface area contributed by atoms with Gasteiger partial charge in [-0.15, -0.1) is 0 Å². The zero-order chi connectivity index (χ0) is 21.1. The number of amides is 2. The smallest absolute Gasteiger partial charge is 0.256 e. The number of hydrogen-bond donors (Lipinski definition) is 2. The van der Waals surface area contributed by atoms with Gasteiger partial charge in [0.25, 0.3) is 11.8 Å². The lowest BCUT2D eigenvalue weighted by Crippen LogP contribution is -2.15. The van der Waals surface area contributed by atoms with Crippen molar-refractivity contribution in [1.29, 1.82) is 0 Å². The van der Waals surface area contributed by atoms with Crippen LogP contribution in [0.3, 0.4) is 0 Å². The summed E-state index contributed by atoms with van der Waals surface area (Å²) in [5.74, 6) is -0.373. The van der Waals surface area contributed by atoms with Gasteiger partial charge in [0, 0.05) is 29.5 Å². The topological polar surface area (TPSA) is 58.2 Å². The summed E-state index contributed by atoms with van der Waals surface area (Å²) >= 11 is 4.33. The highest BCUT2D eigenvalue weighted by Gasteiger charge is 2.12. The quantitative estimate of drug-likeness (QED) is 0.255. The molecule has 0 aliphatic carbocycles. The average molecular weight is 618 g/mol. The van der Waals surface area contributed by atoms with Crippen molar-refractivity contribution in [3.8, 4) is 0 Å². The van der Waals surface area contributed by atoms with E-state index in [1.54, 1.807) is 24.3 Å². The number of anilines is 2. The van der Waals surface area contributed by atoms with Crippen molar-refractivity contribution in [2.24, 2.45) is 0 Å². The molecule has 0 aliphatic heterocycles. The van der Waals surface area contributed by atoms with E-state index in [0.717, 1.165) is 23.6 Å². The molecular weight excluding hydrogens is 602 g/mol. The summed E-state index contributed by atoms with van der Waals surface area (Å²) in [5, 5.41) is 7.92. The highest BCUT2D eigenvalue weighted by molar-refractivity contribution is 14.1. The summed E-state index contributed by atoms with van der Waals surface area (Å²) in [6.07, 6.45) is 0. The molecule has 0 atom stereocenters. The van der Waals surface area contributed by atoms with Crippen molar-refractivity contribution < 1.29 is 9.59 Å². The predicted molar refractivity (Wildman–Crippen MR) is 138 cm³/mol. The molecule has 0 saturated heterocycles. The minimum Gasteiger partial charge on any atom is -0.322 e. The van der Waals surface area contributed by atoms with Crippen molar-refractivity contribution in [1.82, 2.24) is 0 Å². The first-order chi connectivity index (χ1) is 14.5. The Morgan fingerprint density at radius 3 is 2.23 bits per heavy atom. The van der Waals surface area contributed by atoms with Gasteiger partial charge in [0.1, 0.15) is 0 Å².